The zero-order valence-corrected chi connectivity index (χ0v) is 11.1. The van der Waals surface area contributed by atoms with Crippen molar-refractivity contribution in [3.05, 3.63) is 0 Å². The van der Waals surface area contributed by atoms with Crippen LogP contribution in [0, 0.1) is 0 Å². The van der Waals surface area contributed by atoms with Gasteiger partial charge in [0.25, 0.3) is 0 Å². The summed E-state index contributed by atoms with van der Waals surface area (Å²) in [7, 11) is 0. The van der Waals surface area contributed by atoms with Gasteiger partial charge in [-0.05, 0) is 13.8 Å². The first kappa shape index (κ1) is 14.6. The van der Waals surface area contributed by atoms with E-state index < -0.39 is 20.7 Å². The third kappa shape index (κ3) is 6.18. The average molecular weight is 282 g/mol. The van der Waals surface area contributed by atoms with Gasteiger partial charge in [-0.15, -0.1) is 11.6 Å². The number of hydrogen-bond donors (Lipinski definition) is 0. The first-order valence-corrected chi connectivity index (χ1v) is 5.52. The van der Waals surface area contributed by atoms with E-state index in [2.05, 4.69) is 0 Å². The molecule has 14 heavy (non-hydrogen) atoms. The van der Waals surface area contributed by atoms with E-state index in [1.54, 1.807) is 13.8 Å². The first-order valence-electron chi connectivity index (χ1n) is 3.95. The fourth-order valence-corrected chi connectivity index (χ4v) is 1.86. The van der Waals surface area contributed by atoms with Crippen LogP contribution in [0.4, 0.5) is 0 Å². The zero-order valence-electron chi connectivity index (χ0n) is 8.11. The molecule has 0 aromatic heterocycles. The number of hydrogen-bond acceptors (Lipinski definition) is 2. The second-order valence-electron chi connectivity index (χ2n) is 3.48. The van der Waals surface area contributed by atoms with E-state index in [4.69, 9.17) is 51.1 Å². The molecule has 0 bridgehead atoms. The van der Waals surface area contributed by atoms with Crippen molar-refractivity contribution in [3.8, 4) is 0 Å². The largest absolute Gasteiger partial charge is 0.458 e. The molecule has 6 heteroatoms. The number of carbonyl (C=O) groups excluding carboxylic acids is 1. The van der Waals surface area contributed by atoms with Crippen LogP contribution in [-0.2, 0) is 9.53 Å². The molecule has 0 heterocycles. The van der Waals surface area contributed by atoms with Crippen molar-refractivity contribution >= 4 is 52.4 Å². The average Bonchev–Trinajstić information content (AvgIpc) is 1.79. The molecule has 0 fully saturated rings. The van der Waals surface area contributed by atoms with Gasteiger partial charge in [-0.1, -0.05) is 34.8 Å². The van der Waals surface area contributed by atoms with Crippen LogP contribution in [0.2, 0.25) is 0 Å². The van der Waals surface area contributed by atoms with Crippen LogP contribution in [0.1, 0.15) is 27.2 Å². The van der Waals surface area contributed by atoms with Gasteiger partial charge < -0.3 is 4.74 Å². The number of halogens is 4. The summed E-state index contributed by atoms with van der Waals surface area (Å²) in [6.45, 7) is 4.64. The Morgan fingerprint density at radius 2 is 1.79 bits per heavy atom. The number of esters is 1. The number of carbonyl (C=O) groups is 1. The van der Waals surface area contributed by atoms with Crippen LogP contribution >= 0.6 is 46.4 Å². The Labute approximate surface area is 104 Å². The maximum absolute atomic E-state index is 10.7. The second-order valence-corrected chi connectivity index (χ2v) is 6.53. The Kier molecular flexibility index (Phi) is 5.34. The third-order valence-electron chi connectivity index (χ3n) is 1.57. The van der Waals surface area contributed by atoms with Gasteiger partial charge in [-0.2, -0.15) is 0 Å². The predicted octanol–water partition coefficient (Wildman–Crippen LogP) is 3.70. The smallest absolute Gasteiger partial charge is 0.303 e. The van der Waals surface area contributed by atoms with E-state index in [1.165, 1.54) is 6.92 Å². The SMILES string of the molecule is CC(=O)OC(C)(C)C(Cl)CC(Cl)(Cl)Cl. The van der Waals surface area contributed by atoms with Gasteiger partial charge in [0.2, 0.25) is 0 Å². The van der Waals surface area contributed by atoms with Crippen molar-refractivity contribution in [1.29, 1.82) is 0 Å². The molecule has 0 spiro atoms. The molecule has 0 aliphatic carbocycles. The minimum absolute atomic E-state index is 0.111. The number of rotatable bonds is 3. The Morgan fingerprint density at radius 3 is 2.07 bits per heavy atom. The summed E-state index contributed by atoms with van der Waals surface area (Å²) in [5, 5.41) is -0.557. The zero-order chi connectivity index (χ0) is 11.6. The molecule has 0 amide bonds. The molecule has 0 saturated carbocycles. The summed E-state index contributed by atoms with van der Waals surface area (Å²) in [5.74, 6) is -0.412. The molecule has 1 unspecified atom stereocenters. The minimum Gasteiger partial charge on any atom is -0.458 e. The van der Waals surface area contributed by atoms with Crippen LogP contribution in [0.15, 0.2) is 0 Å². The Hall–Kier alpha value is 0.630. The number of alkyl halides is 4. The van der Waals surface area contributed by atoms with Crippen molar-refractivity contribution in [1.82, 2.24) is 0 Å². The van der Waals surface area contributed by atoms with E-state index in [1.807, 2.05) is 0 Å². The van der Waals surface area contributed by atoms with Crippen LogP contribution < -0.4 is 0 Å². The summed E-state index contributed by atoms with van der Waals surface area (Å²) < 4.78 is 3.56. The topological polar surface area (TPSA) is 26.3 Å². The molecule has 0 N–H and O–H groups in total. The molecule has 0 saturated heterocycles. The van der Waals surface area contributed by atoms with Gasteiger partial charge in [0.1, 0.15) is 5.60 Å². The molecule has 0 radical (unpaired) electrons. The van der Waals surface area contributed by atoms with Crippen molar-refractivity contribution in [2.45, 2.75) is 42.0 Å². The minimum atomic E-state index is -1.44. The van der Waals surface area contributed by atoms with Crippen molar-refractivity contribution in [2.75, 3.05) is 0 Å². The van der Waals surface area contributed by atoms with Crippen LogP contribution in [0.3, 0.4) is 0 Å². The molecular formula is C8H12Cl4O2. The fraction of sp³-hybridized carbons (Fsp3) is 0.875. The Bertz CT molecular complexity index is 210. The summed E-state index contributed by atoms with van der Waals surface area (Å²) in [4.78, 5) is 10.7. The summed E-state index contributed by atoms with van der Waals surface area (Å²) in [6.07, 6.45) is 0.111. The molecule has 0 aliphatic rings. The number of ether oxygens (including phenoxy) is 1. The maximum atomic E-state index is 10.7. The van der Waals surface area contributed by atoms with E-state index >= 15 is 0 Å². The summed E-state index contributed by atoms with van der Waals surface area (Å²) >= 11 is 22.7. The van der Waals surface area contributed by atoms with Crippen molar-refractivity contribution in [3.63, 3.8) is 0 Å². The second kappa shape index (κ2) is 5.11. The van der Waals surface area contributed by atoms with Gasteiger partial charge in [-0.25, -0.2) is 0 Å². The van der Waals surface area contributed by atoms with Crippen molar-refractivity contribution in [2.24, 2.45) is 0 Å². The van der Waals surface area contributed by atoms with Crippen LogP contribution in [0.25, 0.3) is 0 Å². The monoisotopic (exact) mass is 280 g/mol. The lowest BCUT2D eigenvalue weighted by Gasteiger charge is -2.31. The Balaban J connectivity index is 4.35. The van der Waals surface area contributed by atoms with Crippen LogP contribution in [-0.4, -0.2) is 20.7 Å². The molecule has 0 aliphatic heterocycles. The van der Waals surface area contributed by atoms with Crippen molar-refractivity contribution < 1.29 is 9.53 Å². The lowest BCUT2D eigenvalue weighted by Crippen LogP contribution is -2.39. The fourth-order valence-electron chi connectivity index (χ4n) is 0.883. The van der Waals surface area contributed by atoms with Gasteiger partial charge in [-0.3, -0.25) is 4.79 Å². The highest BCUT2D eigenvalue weighted by Gasteiger charge is 2.36. The van der Waals surface area contributed by atoms with E-state index in [-0.39, 0.29) is 6.42 Å². The maximum Gasteiger partial charge on any atom is 0.303 e. The summed E-state index contributed by atoms with van der Waals surface area (Å²) in [6, 6.07) is 0. The molecule has 2 nitrogen and oxygen atoms in total. The van der Waals surface area contributed by atoms with Gasteiger partial charge >= 0.3 is 5.97 Å². The van der Waals surface area contributed by atoms with E-state index in [9.17, 15) is 4.79 Å². The molecule has 0 aromatic carbocycles. The molecule has 84 valence electrons. The Morgan fingerprint density at radius 1 is 1.36 bits per heavy atom. The quantitative estimate of drug-likeness (QED) is 0.582. The predicted molar refractivity (Wildman–Crippen MR) is 60.4 cm³/mol. The van der Waals surface area contributed by atoms with E-state index in [0.29, 0.717) is 0 Å². The molecule has 0 rings (SSSR count). The molecule has 0 aromatic rings. The lowest BCUT2D eigenvalue weighted by molar-refractivity contribution is -0.153. The van der Waals surface area contributed by atoms with E-state index in [0.717, 1.165) is 0 Å². The van der Waals surface area contributed by atoms with Gasteiger partial charge in [0, 0.05) is 13.3 Å². The highest BCUT2D eigenvalue weighted by atomic mass is 35.6. The normalized spacial score (nSPS) is 15.1. The summed E-state index contributed by atoms with van der Waals surface area (Å²) in [5.41, 5.74) is -0.850. The lowest BCUT2D eigenvalue weighted by atomic mass is 10.0. The van der Waals surface area contributed by atoms with Gasteiger partial charge in [0.05, 0.1) is 5.38 Å². The molecule has 1 atom stereocenters. The molecular weight excluding hydrogens is 270 g/mol. The standard InChI is InChI=1S/C8H12Cl4O2/c1-5(13)14-7(2,3)6(9)4-8(10,11)12/h6H,4H2,1-3H3. The third-order valence-corrected chi connectivity index (χ3v) is 2.71. The van der Waals surface area contributed by atoms with Crippen LogP contribution in [0.5, 0.6) is 0 Å². The highest BCUT2D eigenvalue weighted by molar-refractivity contribution is 6.67. The highest BCUT2D eigenvalue weighted by Crippen LogP contribution is 2.37. The van der Waals surface area contributed by atoms with Gasteiger partial charge in [0.15, 0.2) is 3.79 Å². The first-order chi connectivity index (χ1) is 6.04.